The van der Waals surface area contributed by atoms with Gasteiger partial charge in [0.05, 0.1) is 6.10 Å². The van der Waals surface area contributed by atoms with Crippen LogP contribution in [-0.2, 0) is 6.42 Å². The van der Waals surface area contributed by atoms with Crippen molar-refractivity contribution in [3.05, 3.63) is 29.3 Å². The Morgan fingerprint density at radius 1 is 1.43 bits per heavy atom. The molecule has 1 heterocycles. The first-order valence-electron chi connectivity index (χ1n) is 4.95. The van der Waals surface area contributed by atoms with Crippen molar-refractivity contribution in [3.63, 3.8) is 0 Å². The first kappa shape index (κ1) is 9.25. The topological polar surface area (TPSA) is 26.3 Å². The molecule has 2 unspecified atom stereocenters. The summed E-state index contributed by atoms with van der Waals surface area (Å²) in [6, 6.07) is 5.61. The van der Waals surface area contributed by atoms with Crippen molar-refractivity contribution in [2.24, 2.45) is 5.92 Å². The Bertz CT molecular complexity index is 357. The lowest BCUT2D eigenvalue weighted by molar-refractivity contribution is 0.112. The van der Waals surface area contributed by atoms with Crippen LogP contribution in [0.4, 0.5) is 0 Å². The van der Waals surface area contributed by atoms with Crippen molar-refractivity contribution >= 4 is 6.29 Å². The lowest BCUT2D eigenvalue weighted by Gasteiger charge is -2.29. The maximum Gasteiger partial charge on any atom is 0.150 e. The minimum Gasteiger partial charge on any atom is -0.490 e. The van der Waals surface area contributed by atoms with E-state index in [9.17, 15) is 4.79 Å². The van der Waals surface area contributed by atoms with Crippen molar-refractivity contribution in [1.82, 2.24) is 0 Å². The van der Waals surface area contributed by atoms with E-state index < -0.39 is 0 Å². The molecule has 0 fully saturated rings. The number of carbonyl (C=O) groups is 1. The zero-order valence-electron chi connectivity index (χ0n) is 8.49. The lowest BCUT2D eigenvalue weighted by atomic mass is 9.92. The number of rotatable bonds is 1. The van der Waals surface area contributed by atoms with E-state index in [1.54, 1.807) is 6.07 Å². The van der Waals surface area contributed by atoms with Crippen LogP contribution in [0.25, 0.3) is 0 Å². The summed E-state index contributed by atoms with van der Waals surface area (Å²) >= 11 is 0. The summed E-state index contributed by atoms with van der Waals surface area (Å²) in [6.07, 6.45) is 2.14. The fraction of sp³-hybridized carbons (Fsp3) is 0.417. The van der Waals surface area contributed by atoms with Crippen LogP contribution in [0.2, 0.25) is 0 Å². The van der Waals surface area contributed by atoms with E-state index in [-0.39, 0.29) is 6.10 Å². The predicted octanol–water partition coefficient (Wildman–Crippen LogP) is 2.46. The number of aldehydes is 1. The van der Waals surface area contributed by atoms with Gasteiger partial charge in [0, 0.05) is 5.56 Å². The maximum atomic E-state index is 10.6. The molecule has 0 amide bonds. The van der Waals surface area contributed by atoms with Crippen molar-refractivity contribution in [2.75, 3.05) is 0 Å². The second kappa shape index (κ2) is 3.45. The van der Waals surface area contributed by atoms with Crippen molar-refractivity contribution < 1.29 is 9.53 Å². The molecule has 1 aromatic rings. The van der Waals surface area contributed by atoms with Gasteiger partial charge in [-0.3, -0.25) is 4.79 Å². The molecule has 0 saturated carbocycles. The van der Waals surface area contributed by atoms with Gasteiger partial charge in [0.15, 0.2) is 0 Å². The van der Waals surface area contributed by atoms with Gasteiger partial charge < -0.3 is 4.74 Å². The van der Waals surface area contributed by atoms with Gasteiger partial charge in [0.1, 0.15) is 12.0 Å². The largest absolute Gasteiger partial charge is 0.490 e. The molecule has 2 heteroatoms. The van der Waals surface area contributed by atoms with Crippen LogP contribution in [0, 0.1) is 5.92 Å². The van der Waals surface area contributed by atoms with Crippen LogP contribution >= 0.6 is 0 Å². The second-order valence-electron chi connectivity index (χ2n) is 3.99. The number of ether oxygens (including phenoxy) is 1. The third kappa shape index (κ3) is 1.52. The molecule has 1 aliphatic heterocycles. The molecule has 0 bridgehead atoms. The van der Waals surface area contributed by atoms with E-state index in [0.29, 0.717) is 5.92 Å². The maximum absolute atomic E-state index is 10.6. The van der Waals surface area contributed by atoms with Gasteiger partial charge in [-0.2, -0.15) is 0 Å². The molecule has 74 valence electrons. The summed E-state index contributed by atoms with van der Waals surface area (Å²) in [5.74, 6) is 1.45. The van der Waals surface area contributed by atoms with Crippen molar-refractivity contribution in [1.29, 1.82) is 0 Å². The Morgan fingerprint density at radius 2 is 2.21 bits per heavy atom. The molecule has 0 spiro atoms. The van der Waals surface area contributed by atoms with Crippen LogP contribution in [0.1, 0.15) is 29.8 Å². The number of fused-ring (bicyclic) bond motifs is 1. The first-order valence-corrected chi connectivity index (χ1v) is 4.95. The molecule has 0 aliphatic carbocycles. The quantitative estimate of drug-likeness (QED) is 0.636. The second-order valence-corrected chi connectivity index (χ2v) is 3.99. The summed E-state index contributed by atoms with van der Waals surface area (Å²) in [5.41, 5.74) is 1.88. The Kier molecular flexibility index (Phi) is 2.28. The summed E-state index contributed by atoms with van der Waals surface area (Å²) in [6.45, 7) is 4.25. The highest BCUT2D eigenvalue weighted by atomic mass is 16.5. The van der Waals surface area contributed by atoms with Gasteiger partial charge in [-0.05, 0) is 43.0 Å². The predicted molar refractivity (Wildman–Crippen MR) is 54.8 cm³/mol. The smallest absolute Gasteiger partial charge is 0.150 e. The van der Waals surface area contributed by atoms with Crippen LogP contribution < -0.4 is 4.74 Å². The van der Waals surface area contributed by atoms with E-state index in [0.717, 1.165) is 29.6 Å². The van der Waals surface area contributed by atoms with E-state index in [4.69, 9.17) is 4.74 Å². The van der Waals surface area contributed by atoms with Crippen molar-refractivity contribution in [2.45, 2.75) is 26.4 Å². The number of hydrogen-bond donors (Lipinski definition) is 0. The average molecular weight is 190 g/mol. The summed E-state index contributed by atoms with van der Waals surface area (Å²) in [4.78, 5) is 10.6. The molecule has 2 rings (SSSR count). The Hall–Kier alpha value is -1.31. The Labute approximate surface area is 83.9 Å². The average Bonchev–Trinajstić information content (AvgIpc) is 2.19. The molecule has 2 atom stereocenters. The summed E-state index contributed by atoms with van der Waals surface area (Å²) in [7, 11) is 0. The molecule has 2 nitrogen and oxygen atoms in total. The Morgan fingerprint density at radius 3 is 2.93 bits per heavy atom. The summed E-state index contributed by atoms with van der Waals surface area (Å²) < 4.78 is 5.73. The summed E-state index contributed by atoms with van der Waals surface area (Å²) in [5, 5.41) is 0. The van der Waals surface area contributed by atoms with Gasteiger partial charge in [-0.1, -0.05) is 6.92 Å². The molecular formula is C12H14O2. The van der Waals surface area contributed by atoms with Gasteiger partial charge in [-0.25, -0.2) is 0 Å². The third-order valence-corrected chi connectivity index (χ3v) is 2.88. The molecule has 14 heavy (non-hydrogen) atoms. The number of benzene rings is 1. The van der Waals surface area contributed by atoms with Crippen LogP contribution in [0.15, 0.2) is 18.2 Å². The molecule has 0 saturated heterocycles. The van der Waals surface area contributed by atoms with E-state index in [1.807, 2.05) is 12.1 Å². The van der Waals surface area contributed by atoms with E-state index in [2.05, 4.69) is 13.8 Å². The highest BCUT2D eigenvalue weighted by molar-refractivity contribution is 5.75. The molecule has 0 aromatic heterocycles. The monoisotopic (exact) mass is 190 g/mol. The minimum atomic E-state index is 0.268. The fourth-order valence-corrected chi connectivity index (χ4v) is 1.78. The van der Waals surface area contributed by atoms with Gasteiger partial charge >= 0.3 is 0 Å². The highest BCUT2D eigenvalue weighted by Crippen LogP contribution is 2.30. The first-order chi connectivity index (χ1) is 6.70. The highest BCUT2D eigenvalue weighted by Gasteiger charge is 2.22. The minimum absolute atomic E-state index is 0.268. The SMILES string of the molecule is CC1Cc2cc(C=O)ccc2OC1C. The molecular weight excluding hydrogens is 176 g/mol. The molecule has 0 radical (unpaired) electrons. The van der Waals surface area contributed by atoms with Crippen LogP contribution in [-0.4, -0.2) is 12.4 Å². The molecule has 1 aliphatic rings. The lowest BCUT2D eigenvalue weighted by Crippen LogP contribution is -2.28. The molecule has 0 N–H and O–H groups in total. The standard InChI is InChI=1S/C12H14O2/c1-8-5-11-6-10(7-13)3-4-12(11)14-9(8)2/h3-4,6-9H,5H2,1-2H3. The fourth-order valence-electron chi connectivity index (χ4n) is 1.78. The van der Waals surface area contributed by atoms with Crippen molar-refractivity contribution in [3.8, 4) is 5.75 Å². The molecule has 1 aromatic carbocycles. The number of hydrogen-bond acceptors (Lipinski definition) is 2. The van der Waals surface area contributed by atoms with Crippen LogP contribution in [0.3, 0.4) is 0 Å². The zero-order valence-corrected chi connectivity index (χ0v) is 8.49. The zero-order chi connectivity index (χ0) is 10.1. The van der Waals surface area contributed by atoms with Gasteiger partial charge in [-0.15, -0.1) is 0 Å². The number of carbonyl (C=O) groups excluding carboxylic acids is 1. The van der Waals surface area contributed by atoms with Gasteiger partial charge in [0.25, 0.3) is 0 Å². The van der Waals surface area contributed by atoms with E-state index in [1.165, 1.54) is 0 Å². The Balaban J connectivity index is 2.37. The van der Waals surface area contributed by atoms with Crippen LogP contribution in [0.5, 0.6) is 5.75 Å². The van der Waals surface area contributed by atoms with E-state index >= 15 is 0 Å². The third-order valence-electron chi connectivity index (χ3n) is 2.88. The normalized spacial score (nSPS) is 25.0. The van der Waals surface area contributed by atoms with Gasteiger partial charge in [0.2, 0.25) is 0 Å².